The SMILES string of the molecule is CCc1nc2c(nnn2-c2cccc(C(C)O)c2)c(=O)[nH]1. The number of hydrogen-bond donors (Lipinski definition) is 2. The molecule has 2 heterocycles. The molecule has 1 aromatic carbocycles. The molecule has 3 rings (SSSR count). The van der Waals surface area contributed by atoms with Gasteiger partial charge in [0.15, 0.2) is 11.2 Å². The molecule has 1 atom stereocenters. The summed E-state index contributed by atoms with van der Waals surface area (Å²) in [6, 6.07) is 7.27. The topological polar surface area (TPSA) is 96.7 Å². The lowest BCUT2D eigenvalue weighted by atomic mass is 10.1. The zero-order chi connectivity index (χ0) is 15.0. The van der Waals surface area contributed by atoms with Gasteiger partial charge in [0, 0.05) is 6.42 Å². The molecule has 0 bridgehead atoms. The van der Waals surface area contributed by atoms with Crippen LogP contribution in [0.25, 0.3) is 16.9 Å². The van der Waals surface area contributed by atoms with Crippen LogP contribution in [-0.2, 0) is 6.42 Å². The maximum atomic E-state index is 11.9. The summed E-state index contributed by atoms with van der Waals surface area (Å²) in [4.78, 5) is 19.0. The molecule has 0 radical (unpaired) electrons. The molecular formula is C14H15N5O2. The monoisotopic (exact) mass is 285 g/mol. The van der Waals surface area contributed by atoms with E-state index < -0.39 is 6.10 Å². The molecule has 0 fully saturated rings. The lowest BCUT2D eigenvalue weighted by Gasteiger charge is -2.07. The smallest absolute Gasteiger partial charge is 0.281 e. The van der Waals surface area contributed by atoms with Crippen molar-refractivity contribution in [3.63, 3.8) is 0 Å². The van der Waals surface area contributed by atoms with Crippen molar-refractivity contribution < 1.29 is 5.11 Å². The van der Waals surface area contributed by atoms with Crippen LogP contribution in [0.5, 0.6) is 0 Å². The predicted octanol–water partition coefficient (Wildman–Crippen LogP) is 1.12. The Bertz CT molecular complexity index is 850. The molecule has 2 aromatic heterocycles. The molecule has 1 unspecified atom stereocenters. The molecule has 0 aliphatic heterocycles. The number of H-pyrrole nitrogens is 1. The average molecular weight is 285 g/mol. The summed E-state index contributed by atoms with van der Waals surface area (Å²) in [5.41, 5.74) is 1.79. The van der Waals surface area contributed by atoms with Crippen LogP contribution in [0.4, 0.5) is 0 Å². The Morgan fingerprint density at radius 3 is 2.95 bits per heavy atom. The number of hydrogen-bond acceptors (Lipinski definition) is 5. The summed E-state index contributed by atoms with van der Waals surface area (Å²) < 4.78 is 1.51. The first-order chi connectivity index (χ1) is 10.1. The fraction of sp³-hybridized carbons (Fsp3) is 0.286. The largest absolute Gasteiger partial charge is 0.389 e. The van der Waals surface area contributed by atoms with Gasteiger partial charge in [0.1, 0.15) is 5.82 Å². The maximum absolute atomic E-state index is 11.9. The molecule has 0 spiro atoms. The molecule has 0 aliphatic rings. The molecular weight excluding hydrogens is 270 g/mol. The third-order valence-corrected chi connectivity index (χ3v) is 3.29. The summed E-state index contributed by atoms with van der Waals surface area (Å²) in [5.74, 6) is 0.586. The van der Waals surface area contributed by atoms with E-state index in [2.05, 4.69) is 20.3 Å². The average Bonchev–Trinajstić information content (AvgIpc) is 2.91. The zero-order valence-corrected chi connectivity index (χ0v) is 11.7. The molecule has 0 aliphatic carbocycles. The van der Waals surface area contributed by atoms with Crippen molar-refractivity contribution in [3.8, 4) is 5.69 Å². The zero-order valence-electron chi connectivity index (χ0n) is 11.7. The van der Waals surface area contributed by atoms with Gasteiger partial charge in [-0.05, 0) is 24.6 Å². The standard InChI is InChI=1S/C14H15N5O2/c1-3-11-15-13-12(14(21)16-11)17-18-19(13)10-6-4-5-9(7-10)8(2)20/h4-8,20H,3H2,1-2H3,(H,15,16,21). The highest BCUT2D eigenvalue weighted by Gasteiger charge is 2.13. The Kier molecular flexibility index (Phi) is 3.26. The minimum Gasteiger partial charge on any atom is -0.389 e. The number of aryl methyl sites for hydroxylation is 1. The van der Waals surface area contributed by atoms with Crippen LogP contribution in [0.3, 0.4) is 0 Å². The third kappa shape index (κ3) is 2.31. The number of aliphatic hydroxyl groups is 1. The van der Waals surface area contributed by atoms with Crippen LogP contribution < -0.4 is 5.56 Å². The summed E-state index contributed by atoms with van der Waals surface area (Å²) in [7, 11) is 0. The van der Waals surface area contributed by atoms with Crippen LogP contribution in [0.2, 0.25) is 0 Å². The van der Waals surface area contributed by atoms with Crippen molar-refractivity contribution in [2.24, 2.45) is 0 Å². The Hall–Kier alpha value is -2.54. The number of nitrogens with one attached hydrogen (secondary N) is 1. The molecule has 3 aromatic rings. The second-order valence-electron chi connectivity index (χ2n) is 4.81. The minimum absolute atomic E-state index is 0.203. The molecule has 2 N–H and O–H groups in total. The van der Waals surface area contributed by atoms with Gasteiger partial charge in [0.05, 0.1) is 11.8 Å². The quantitative estimate of drug-likeness (QED) is 0.751. The van der Waals surface area contributed by atoms with Crippen LogP contribution >= 0.6 is 0 Å². The van der Waals surface area contributed by atoms with E-state index in [9.17, 15) is 9.90 Å². The van der Waals surface area contributed by atoms with Gasteiger partial charge in [-0.2, -0.15) is 4.68 Å². The molecule has 108 valence electrons. The van der Waals surface area contributed by atoms with Gasteiger partial charge in [0.2, 0.25) is 0 Å². The summed E-state index contributed by atoms with van der Waals surface area (Å²) in [6.07, 6.45) is 0.0339. The van der Waals surface area contributed by atoms with E-state index in [1.165, 1.54) is 4.68 Å². The van der Waals surface area contributed by atoms with E-state index in [4.69, 9.17) is 0 Å². The van der Waals surface area contributed by atoms with E-state index in [-0.39, 0.29) is 11.1 Å². The van der Waals surface area contributed by atoms with Crippen LogP contribution in [0.15, 0.2) is 29.1 Å². The number of aromatic nitrogens is 5. The van der Waals surface area contributed by atoms with Gasteiger partial charge in [0.25, 0.3) is 5.56 Å². The second-order valence-corrected chi connectivity index (χ2v) is 4.81. The number of aromatic amines is 1. The van der Waals surface area contributed by atoms with Gasteiger partial charge < -0.3 is 10.1 Å². The van der Waals surface area contributed by atoms with Crippen molar-refractivity contribution in [1.82, 2.24) is 25.0 Å². The summed E-state index contributed by atoms with van der Waals surface area (Å²) in [5, 5.41) is 17.6. The van der Waals surface area contributed by atoms with Gasteiger partial charge in [-0.1, -0.05) is 24.3 Å². The number of benzene rings is 1. The van der Waals surface area contributed by atoms with Crippen molar-refractivity contribution >= 4 is 11.2 Å². The number of aliphatic hydroxyl groups excluding tert-OH is 1. The highest BCUT2D eigenvalue weighted by atomic mass is 16.3. The molecule has 0 saturated carbocycles. The fourth-order valence-corrected chi connectivity index (χ4v) is 2.13. The highest BCUT2D eigenvalue weighted by Crippen LogP contribution is 2.18. The molecule has 0 amide bonds. The van der Waals surface area contributed by atoms with Gasteiger partial charge in [-0.25, -0.2) is 4.98 Å². The van der Waals surface area contributed by atoms with Crippen molar-refractivity contribution in [1.29, 1.82) is 0 Å². The first-order valence-corrected chi connectivity index (χ1v) is 6.73. The summed E-state index contributed by atoms with van der Waals surface area (Å²) >= 11 is 0. The Morgan fingerprint density at radius 2 is 2.24 bits per heavy atom. The maximum Gasteiger partial charge on any atom is 0.281 e. The fourth-order valence-electron chi connectivity index (χ4n) is 2.13. The first-order valence-electron chi connectivity index (χ1n) is 6.73. The van der Waals surface area contributed by atoms with E-state index in [0.717, 1.165) is 5.56 Å². The van der Waals surface area contributed by atoms with Crippen molar-refractivity contribution in [2.45, 2.75) is 26.4 Å². The number of nitrogens with zero attached hydrogens (tertiary/aromatic N) is 4. The third-order valence-electron chi connectivity index (χ3n) is 3.29. The van der Waals surface area contributed by atoms with E-state index >= 15 is 0 Å². The molecule has 21 heavy (non-hydrogen) atoms. The van der Waals surface area contributed by atoms with Crippen molar-refractivity contribution in [3.05, 3.63) is 46.0 Å². The Labute approximate surface area is 120 Å². The first kappa shape index (κ1) is 13.4. The lowest BCUT2D eigenvalue weighted by Crippen LogP contribution is -2.12. The van der Waals surface area contributed by atoms with E-state index in [0.29, 0.717) is 23.6 Å². The predicted molar refractivity (Wildman–Crippen MR) is 77.3 cm³/mol. The molecule has 7 nitrogen and oxygen atoms in total. The Balaban J connectivity index is 2.23. The highest BCUT2D eigenvalue weighted by molar-refractivity contribution is 5.70. The number of fused-ring (bicyclic) bond motifs is 1. The van der Waals surface area contributed by atoms with Crippen LogP contribution in [-0.4, -0.2) is 30.1 Å². The second kappa shape index (κ2) is 5.10. The lowest BCUT2D eigenvalue weighted by molar-refractivity contribution is 0.199. The summed E-state index contributed by atoms with van der Waals surface area (Å²) in [6.45, 7) is 3.60. The van der Waals surface area contributed by atoms with Gasteiger partial charge >= 0.3 is 0 Å². The van der Waals surface area contributed by atoms with Crippen LogP contribution in [0.1, 0.15) is 31.3 Å². The minimum atomic E-state index is -0.581. The Morgan fingerprint density at radius 1 is 1.43 bits per heavy atom. The van der Waals surface area contributed by atoms with E-state index in [1.807, 2.05) is 25.1 Å². The van der Waals surface area contributed by atoms with Gasteiger partial charge in [-0.3, -0.25) is 4.79 Å². The van der Waals surface area contributed by atoms with Gasteiger partial charge in [-0.15, -0.1) is 5.10 Å². The van der Waals surface area contributed by atoms with Crippen LogP contribution in [0, 0.1) is 0 Å². The van der Waals surface area contributed by atoms with E-state index in [1.54, 1.807) is 13.0 Å². The normalized spacial score (nSPS) is 12.7. The molecule has 7 heteroatoms. The van der Waals surface area contributed by atoms with Crippen molar-refractivity contribution in [2.75, 3.05) is 0 Å². The molecule has 0 saturated heterocycles. The number of rotatable bonds is 3.